The maximum atomic E-state index is 11.8. The summed E-state index contributed by atoms with van der Waals surface area (Å²) in [5.41, 5.74) is -0.300. The number of nitrogens with one attached hydrogen (secondary N) is 2. The summed E-state index contributed by atoms with van der Waals surface area (Å²) in [6, 6.07) is 1.50. The van der Waals surface area contributed by atoms with Gasteiger partial charge in [-0.3, -0.25) is 0 Å². The van der Waals surface area contributed by atoms with Crippen molar-refractivity contribution < 1.29 is 14.4 Å². The molecule has 2 aromatic rings. The van der Waals surface area contributed by atoms with Gasteiger partial charge in [0.25, 0.3) is 0 Å². The number of thiophene rings is 1. The van der Waals surface area contributed by atoms with E-state index in [0.717, 1.165) is 5.56 Å². The minimum absolute atomic E-state index is 0.133. The van der Waals surface area contributed by atoms with Gasteiger partial charge in [-0.05, 0) is 29.3 Å². The van der Waals surface area contributed by atoms with E-state index >= 15 is 0 Å². The molecular formula is C15H22N4O3S. The van der Waals surface area contributed by atoms with Crippen molar-refractivity contribution in [2.24, 2.45) is 0 Å². The Balaban J connectivity index is 1.71. The summed E-state index contributed by atoms with van der Waals surface area (Å²) in [6.45, 7) is 6.15. The molecule has 0 bridgehead atoms. The quantitative estimate of drug-likeness (QED) is 0.717. The second kappa shape index (κ2) is 7.56. The zero-order chi connectivity index (χ0) is 16.9. The average Bonchev–Trinajstić information content (AvgIpc) is 3.17. The summed E-state index contributed by atoms with van der Waals surface area (Å²) in [6.07, 6.45) is 0.466. The second-order valence-electron chi connectivity index (χ2n) is 5.85. The molecule has 0 aromatic carbocycles. The molecule has 2 rings (SSSR count). The summed E-state index contributed by atoms with van der Waals surface area (Å²) in [5.74, 6) is 1.37. The molecule has 0 aliphatic rings. The molecule has 0 aliphatic heterocycles. The van der Waals surface area contributed by atoms with Gasteiger partial charge in [-0.2, -0.15) is 16.3 Å². The number of aliphatic hydroxyl groups is 1. The number of amides is 2. The van der Waals surface area contributed by atoms with Gasteiger partial charge in [0.05, 0.1) is 6.54 Å². The molecule has 2 amide bonds. The Morgan fingerprint density at radius 2 is 2.26 bits per heavy atom. The minimum Gasteiger partial charge on any atom is -0.384 e. The topological polar surface area (TPSA) is 100 Å². The van der Waals surface area contributed by atoms with Crippen LogP contribution in [0, 0.1) is 0 Å². The highest BCUT2D eigenvalue weighted by atomic mass is 32.1. The second-order valence-corrected chi connectivity index (χ2v) is 6.63. The van der Waals surface area contributed by atoms with Crippen LogP contribution in [-0.2, 0) is 12.0 Å². The number of urea groups is 1. The van der Waals surface area contributed by atoms with E-state index in [0.29, 0.717) is 24.7 Å². The minimum atomic E-state index is -1.09. The molecule has 8 heteroatoms. The van der Waals surface area contributed by atoms with Gasteiger partial charge in [0.15, 0.2) is 5.82 Å². The van der Waals surface area contributed by atoms with Crippen LogP contribution in [0.15, 0.2) is 21.3 Å². The van der Waals surface area contributed by atoms with Crippen molar-refractivity contribution in [3.63, 3.8) is 0 Å². The maximum absolute atomic E-state index is 11.8. The highest BCUT2D eigenvalue weighted by molar-refractivity contribution is 7.08. The molecule has 0 saturated heterocycles. The van der Waals surface area contributed by atoms with Gasteiger partial charge >= 0.3 is 6.03 Å². The fraction of sp³-hybridized carbons (Fsp3) is 0.533. The van der Waals surface area contributed by atoms with Crippen LogP contribution in [0.3, 0.4) is 0 Å². The van der Waals surface area contributed by atoms with Crippen LogP contribution in [0.1, 0.15) is 44.0 Å². The van der Waals surface area contributed by atoms with Crippen LogP contribution in [-0.4, -0.2) is 34.4 Å². The van der Waals surface area contributed by atoms with Crippen molar-refractivity contribution in [1.29, 1.82) is 0 Å². The molecule has 1 atom stereocenters. The van der Waals surface area contributed by atoms with Crippen LogP contribution >= 0.6 is 11.3 Å². The Labute approximate surface area is 139 Å². The first-order chi connectivity index (χ1) is 10.9. The predicted molar refractivity (Wildman–Crippen MR) is 87.4 cm³/mol. The molecule has 0 fully saturated rings. The summed E-state index contributed by atoms with van der Waals surface area (Å²) in [7, 11) is 0. The van der Waals surface area contributed by atoms with Crippen molar-refractivity contribution in [1.82, 2.24) is 20.8 Å². The van der Waals surface area contributed by atoms with Crippen LogP contribution in [0.4, 0.5) is 4.79 Å². The third-order valence-corrected chi connectivity index (χ3v) is 4.04. The Morgan fingerprint density at radius 3 is 2.87 bits per heavy atom. The molecule has 0 aliphatic carbocycles. The molecule has 126 valence electrons. The molecule has 2 aromatic heterocycles. The van der Waals surface area contributed by atoms with Crippen molar-refractivity contribution in [3.05, 3.63) is 34.1 Å². The van der Waals surface area contributed by atoms with Gasteiger partial charge < -0.3 is 20.3 Å². The van der Waals surface area contributed by atoms with Crippen LogP contribution < -0.4 is 10.6 Å². The largest absolute Gasteiger partial charge is 0.384 e. The first kappa shape index (κ1) is 17.4. The van der Waals surface area contributed by atoms with Crippen LogP contribution in [0.5, 0.6) is 0 Å². The Kier molecular flexibility index (Phi) is 5.73. The Hall–Kier alpha value is -1.93. The normalized spacial score (nSPS) is 13.8. The molecule has 0 saturated carbocycles. The molecule has 1 unspecified atom stereocenters. The third-order valence-electron chi connectivity index (χ3n) is 3.36. The van der Waals surface area contributed by atoms with E-state index < -0.39 is 5.60 Å². The number of hydrogen-bond acceptors (Lipinski definition) is 6. The summed E-state index contributed by atoms with van der Waals surface area (Å²) in [4.78, 5) is 16.0. The van der Waals surface area contributed by atoms with Gasteiger partial charge in [-0.1, -0.05) is 19.0 Å². The molecule has 3 N–H and O–H groups in total. The van der Waals surface area contributed by atoms with Gasteiger partial charge in [0, 0.05) is 18.9 Å². The fourth-order valence-corrected chi connectivity index (χ4v) is 2.66. The maximum Gasteiger partial charge on any atom is 0.314 e. The van der Waals surface area contributed by atoms with Crippen LogP contribution in [0.25, 0.3) is 0 Å². The number of carbonyl (C=O) groups excluding carboxylic acids is 1. The highest BCUT2D eigenvalue weighted by Crippen LogP contribution is 2.21. The lowest BCUT2D eigenvalue weighted by atomic mass is 9.99. The predicted octanol–water partition coefficient (Wildman–Crippen LogP) is 2.00. The smallest absolute Gasteiger partial charge is 0.314 e. The van der Waals surface area contributed by atoms with E-state index in [2.05, 4.69) is 20.8 Å². The number of nitrogens with zero attached hydrogens (tertiary/aromatic N) is 2. The summed E-state index contributed by atoms with van der Waals surface area (Å²) >= 11 is 1.50. The lowest BCUT2D eigenvalue weighted by molar-refractivity contribution is 0.0598. The number of rotatable bonds is 7. The van der Waals surface area contributed by atoms with E-state index in [1.807, 2.05) is 30.7 Å². The summed E-state index contributed by atoms with van der Waals surface area (Å²) in [5, 5.41) is 23.3. The SMILES string of the molecule is CC(C)c1noc(CCNC(=O)NCC(C)(O)c2ccsc2)n1. The molecule has 23 heavy (non-hydrogen) atoms. The van der Waals surface area contributed by atoms with Gasteiger partial charge in [0.2, 0.25) is 5.89 Å². The Bertz CT molecular complexity index is 622. The fourth-order valence-electron chi connectivity index (χ4n) is 1.87. The van der Waals surface area contributed by atoms with Crippen molar-refractivity contribution >= 4 is 17.4 Å². The lowest BCUT2D eigenvalue weighted by Crippen LogP contribution is -2.43. The number of aromatic nitrogens is 2. The number of hydrogen-bond donors (Lipinski definition) is 3. The summed E-state index contributed by atoms with van der Waals surface area (Å²) < 4.78 is 5.10. The molecule has 7 nitrogen and oxygen atoms in total. The highest BCUT2D eigenvalue weighted by Gasteiger charge is 2.24. The zero-order valence-corrected chi connectivity index (χ0v) is 14.3. The van der Waals surface area contributed by atoms with Gasteiger partial charge in [0.1, 0.15) is 5.60 Å². The van der Waals surface area contributed by atoms with Crippen LogP contribution in [0.2, 0.25) is 0 Å². The number of carbonyl (C=O) groups is 1. The van der Waals surface area contributed by atoms with E-state index in [1.54, 1.807) is 6.92 Å². The van der Waals surface area contributed by atoms with E-state index in [9.17, 15) is 9.90 Å². The molecular weight excluding hydrogens is 316 g/mol. The zero-order valence-electron chi connectivity index (χ0n) is 13.5. The first-order valence-electron chi connectivity index (χ1n) is 7.47. The van der Waals surface area contributed by atoms with Crippen molar-refractivity contribution in [3.8, 4) is 0 Å². The van der Waals surface area contributed by atoms with E-state index in [1.165, 1.54) is 11.3 Å². The molecule has 0 spiro atoms. The van der Waals surface area contributed by atoms with Gasteiger partial charge in [-0.15, -0.1) is 0 Å². The molecule has 2 heterocycles. The lowest BCUT2D eigenvalue weighted by Gasteiger charge is -2.22. The molecule has 0 radical (unpaired) electrons. The van der Waals surface area contributed by atoms with E-state index in [4.69, 9.17) is 4.52 Å². The van der Waals surface area contributed by atoms with Crippen molar-refractivity contribution in [2.45, 2.75) is 38.7 Å². The Morgan fingerprint density at radius 1 is 1.48 bits per heavy atom. The van der Waals surface area contributed by atoms with Crippen molar-refractivity contribution in [2.75, 3.05) is 13.1 Å². The standard InChI is InChI=1S/C15H22N4O3S/c1-10(2)13-18-12(22-19-13)4-6-16-14(20)17-9-15(3,21)11-5-7-23-8-11/h5,7-8,10,21H,4,6,9H2,1-3H3,(H2,16,17,20). The monoisotopic (exact) mass is 338 g/mol. The van der Waals surface area contributed by atoms with Gasteiger partial charge in [-0.25, -0.2) is 4.79 Å². The average molecular weight is 338 g/mol. The first-order valence-corrected chi connectivity index (χ1v) is 8.42. The third kappa shape index (κ3) is 5.04. The van der Waals surface area contributed by atoms with E-state index in [-0.39, 0.29) is 18.5 Å².